The summed E-state index contributed by atoms with van der Waals surface area (Å²) in [5, 5.41) is 11.4. The molecule has 0 spiro atoms. The summed E-state index contributed by atoms with van der Waals surface area (Å²) in [6.45, 7) is 2.05. The number of carbonyl (C=O) groups is 1. The van der Waals surface area contributed by atoms with Gasteiger partial charge in [0, 0.05) is 24.9 Å². The van der Waals surface area contributed by atoms with E-state index in [0.29, 0.717) is 5.82 Å². The topological polar surface area (TPSA) is 64.7 Å². The monoisotopic (exact) mass is 295 g/mol. The SMILES string of the molecule is Cc1cc(NC(=O)Cn2ccc(-c3ccccc3)n2)n(C)n1. The lowest BCUT2D eigenvalue weighted by atomic mass is 10.2. The van der Waals surface area contributed by atoms with Crippen molar-refractivity contribution in [2.24, 2.45) is 7.05 Å². The number of aryl methyl sites for hydroxylation is 2. The van der Waals surface area contributed by atoms with Crippen molar-refractivity contribution in [3.05, 3.63) is 54.4 Å². The minimum Gasteiger partial charge on any atom is -0.309 e. The van der Waals surface area contributed by atoms with Gasteiger partial charge in [0.2, 0.25) is 5.91 Å². The Balaban J connectivity index is 1.67. The molecule has 1 aromatic carbocycles. The Kier molecular flexibility index (Phi) is 3.74. The van der Waals surface area contributed by atoms with E-state index in [0.717, 1.165) is 17.0 Å². The number of hydrogen-bond acceptors (Lipinski definition) is 3. The number of hydrogen-bond donors (Lipinski definition) is 1. The molecule has 2 heterocycles. The molecular weight excluding hydrogens is 278 g/mol. The van der Waals surface area contributed by atoms with Crippen molar-refractivity contribution >= 4 is 11.7 Å². The highest BCUT2D eigenvalue weighted by atomic mass is 16.2. The first-order chi connectivity index (χ1) is 10.6. The highest BCUT2D eigenvalue weighted by Crippen LogP contribution is 2.15. The van der Waals surface area contributed by atoms with E-state index in [1.165, 1.54) is 0 Å². The van der Waals surface area contributed by atoms with Crippen molar-refractivity contribution < 1.29 is 4.79 Å². The molecule has 0 saturated carbocycles. The molecule has 1 amide bonds. The summed E-state index contributed by atoms with van der Waals surface area (Å²) in [4.78, 5) is 12.1. The van der Waals surface area contributed by atoms with Crippen LogP contribution in [0.2, 0.25) is 0 Å². The smallest absolute Gasteiger partial charge is 0.247 e. The lowest BCUT2D eigenvalue weighted by Crippen LogP contribution is -2.20. The maximum Gasteiger partial charge on any atom is 0.247 e. The van der Waals surface area contributed by atoms with Crippen LogP contribution in [0, 0.1) is 6.92 Å². The predicted molar refractivity (Wildman–Crippen MR) is 84.2 cm³/mol. The van der Waals surface area contributed by atoms with Gasteiger partial charge in [-0.3, -0.25) is 14.2 Å². The van der Waals surface area contributed by atoms with E-state index >= 15 is 0 Å². The average molecular weight is 295 g/mol. The van der Waals surface area contributed by atoms with Gasteiger partial charge >= 0.3 is 0 Å². The molecule has 0 unspecified atom stereocenters. The molecule has 0 aliphatic heterocycles. The van der Waals surface area contributed by atoms with Gasteiger partial charge in [-0.25, -0.2) is 0 Å². The van der Waals surface area contributed by atoms with Crippen molar-refractivity contribution in [2.75, 3.05) is 5.32 Å². The maximum atomic E-state index is 12.1. The molecule has 112 valence electrons. The highest BCUT2D eigenvalue weighted by Gasteiger charge is 2.09. The molecule has 0 radical (unpaired) electrons. The zero-order chi connectivity index (χ0) is 15.5. The summed E-state index contributed by atoms with van der Waals surface area (Å²) in [5.74, 6) is 0.545. The van der Waals surface area contributed by atoms with Gasteiger partial charge in [0.1, 0.15) is 12.4 Å². The van der Waals surface area contributed by atoms with Gasteiger partial charge in [-0.2, -0.15) is 10.2 Å². The second kappa shape index (κ2) is 5.85. The van der Waals surface area contributed by atoms with E-state index in [-0.39, 0.29) is 12.5 Å². The Morgan fingerprint density at radius 2 is 1.95 bits per heavy atom. The van der Waals surface area contributed by atoms with E-state index in [1.54, 1.807) is 22.6 Å². The first kappa shape index (κ1) is 14.1. The van der Waals surface area contributed by atoms with Crippen LogP contribution in [0.5, 0.6) is 0 Å². The zero-order valence-corrected chi connectivity index (χ0v) is 12.5. The van der Waals surface area contributed by atoms with Crippen LogP contribution >= 0.6 is 0 Å². The fourth-order valence-corrected chi connectivity index (χ4v) is 2.27. The van der Waals surface area contributed by atoms with E-state index < -0.39 is 0 Å². The number of aromatic nitrogens is 4. The normalized spacial score (nSPS) is 10.6. The third kappa shape index (κ3) is 3.06. The molecule has 1 N–H and O–H groups in total. The van der Waals surface area contributed by atoms with Crippen LogP contribution in [0.25, 0.3) is 11.3 Å². The van der Waals surface area contributed by atoms with E-state index in [4.69, 9.17) is 0 Å². The average Bonchev–Trinajstić information content (AvgIpc) is 3.07. The van der Waals surface area contributed by atoms with E-state index in [2.05, 4.69) is 15.5 Å². The largest absolute Gasteiger partial charge is 0.309 e. The van der Waals surface area contributed by atoms with Gasteiger partial charge in [-0.1, -0.05) is 30.3 Å². The summed E-state index contributed by atoms with van der Waals surface area (Å²) in [7, 11) is 1.80. The van der Waals surface area contributed by atoms with Gasteiger partial charge in [-0.15, -0.1) is 0 Å². The maximum absolute atomic E-state index is 12.1. The Bertz CT molecular complexity index is 788. The number of carbonyl (C=O) groups excluding carboxylic acids is 1. The molecule has 2 aromatic heterocycles. The van der Waals surface area contributed by atoms with E-state index in [1.807, 2.05) is 49.4 Å². The van der Waals surface area contributed by atoms with Gasteiger partial charge in [0.15, 0.2) is 0 Å². The molecule has 0 aliphatic carbocycles. The molecule has 3 aromatic rings. The molecule has 0 bridgehead atoms. The van der Waals surface area contributed by atoms with Crippen molar-refractivity contribution in [3.63, 3.8) is 0 Å². The van der Waals surface area contributed by atoms with Gasteiger partial charge in [0.25, 0.3) is 0 Å². The Labute approximate surface area is 128 Å². The number of nitrogens with one attached hydrogen (secondary N) is 1. The minimum absolute atomic E-state index is 0.134. The molecule has 22 heavy (non-hydrogen) atoms. The fraction of sp³-hybridized carbons (Fsp3) is 0.188. The lowest BCUT2D eigenvalue weighted by Gasteiger charge is -2.05. The summed E-state index contributed by atoms with van der Waals surface area (Å²) in [5.41, 5.74) is 2.75. The van der Waals surface area contributed by atoms with Crippen LogP contribution in [-0.4, -0.2) is 25.5 Å². The molecule has 0 saturated heterocycles. The van der Waals surface area contributed by atoms with Gasteiger partial charge in [0.05, 0.1) is 11.4 Å². The first-order valence-corrected chi connectivity index (χ1v) is 7.01. The Morgan fingerprint density at radius 1 is 1.18 bits per heavy atom. The van der Waals surface area contributed by atoms with Crippen LogP contribution in [0.15, 0.2) is 48.7 Å². The van der Waals surface area contributed by atoms with Crippen LogP contribution < -0.4 is 5.32 Å². The summed E-state index contributed by atoms with van der Waals surface area (Å²) in [6, 6.07) is 13.6. The summed E-state index contributed by atoms with van der Waals surface area (Å²) < 4.78 is 3.27. The van der Waals surface area contributed by atoms with Crippen LogP contribution in [-0.2, 0) is 18.4 Å². The fourth-order valence-electron chi connectivity index (χ4n) is 2.27. The Morgan fingerprint density at radius 3 is 2.64 bits per heavy atom. The van der Waals surface area contributed by atoms with Crippen molar-refractivity contribution in [1.82, 2.24) is 19.6 Å². The molecule has 0 fully saturated rings. The number of amides is 1. The van der Waals surface area contributed by atoms with Crippen molar-refractivity contribution in [1.29, 1.82) is 0 Å². The highest BCUT2D eigenvalue weighted by molar-refractivity contribution is 5.89. The van der Waals surface area contributed by atoms with Crippen molar-refractivity contribution in [3.8, 4) is 11.3 Å². The van der Waals surface area contributed by atoms with Crippen molar-refractivity contribution in [2.45, 2.75) is 13.5 Å². The number of benzene rings is 1. The number of nitrogens with zero attached hydrogens (tertiary/aromatic N) is 4. The Hall–Kier alpha value is -2.89. The predicted octanol–water partition coefficient (Wildman–Crippen LogP) is 2.23. The molecular formula is C16H17N5O. The van der Waals surface area contributed by atoms with E-state index in [9.17, 15) is 4.79 Å². The molecule has 6 nitrogen and oxygen atoms in total. The summed E-state index contributed by atoms with van der Waals surface area (Å²) >= 11 is 0. The quantitative estimate of drug-likeness (QED) is 0.802. The van der Waals surface area contributed by atoms with Crippen LogP contribution in [0.3, 0.4) is 0 Å². The van der Waals surface area contributed by atoms with Crippen LogP contribution in [0.4, 0.5) is 5.82 Å². The molecule has 6 heteroatoms. The molecule has 3 rings (SSSR count). The lowest BCUT2D eigenvalue weighted by molar-refractivity contribution is -0.116. The third-order valence-electron chi connectivity index (χ3n) is 3.29. The second-order valence-corrected chi connectivity index (χ2v) is 5.11. The van der Waals surface area contributed by atoms with Gasteiger partial charge in [-0.05, 0) is 13.0 Å². The van der Waals surface area contributed by atoms with Gasteiger partial charge < -0.3 is 5.32 Å². The third-order valence-corrected chi connectivity index (χ3v) is 3.29. The zero-order valence-electron chi connectivity index (χ0n) is 12.5. The second-order valence-electron chi connectivity index (χ2n) is 5.11. The first-order valence-electron chi connectivity index (χ1n) is 7.01. The molecule has 0 aliphatic rings. The number of anilines is 1. The minimum atomic E-state index is -0.134. The number of rotatable bonds is 4. The standard InChI is InChI=1S/C16H17N5O/c1-12-10-15(20(2)18-12)17-16(22)11-21-9-8-14(19-21)13-6-4-3-5-7-13/h3-10H,11H2,1-2H3,(H,17,22). The summed E-state index contributed by atoms with van der Waals surface area (Å²) in [6.07, 6.45) is 1.80. The van der Waals surface area contributed by atoms with Crippen LogP contribution in [0.1, 0.15) is 5.69 Å². The molecule has 0 atom stereocenters.